The standard InChI is InChI=1S/C16H15N3O2S/c17-15(21)12-2-1-3-13-14(12)19-16(18-13)22-9-11-6-4-10(8-20)5-7-11/h1-7,20H,8-9H2,(H2,17,21)(H,18,19). The number of aliphatic hydroxyl groups is 1. The molecule has 0 atom stereocenters. The van der Waals surface area contributed by atoms with Crippen LogP contribution < -0.4 is 5.73 Å². The third kappa shape index (κ3) is 2.98. The van der Waals surface area contributed by atoms with E-state index in [-0.39, 0.29) is 6.61 Å². The Kier molecular flexibility index (Phi) is 4.13. The van der Waals surface area contributed by atoms with Crippen molar-refractivity contribution in [3.05, 3.63) is 59.2 Å². The number of thioether (sulfide) groups is 1. The van der Waals surface area contributed by atoms with E-state index < -0.39 is 5.91 Å². The van der Waals surface area contributed by atoms with E-state index in [4.69, 9.17) is 10.8 Å². The van der Waals surface area contributed by atoms with Gasteiger partial charge < -0.3 is 15.8 Å². The summed E-state index contributed by atoms with van der Waals surface area (Å²) >= 11 is 1.55. The third-order valence-corrected chi connectivity index (χ3v) is 4.28. The van der Waals surface area contributed by atoms with E-state index >= 15 is 0 Å². The quantitative estimate of drug-likeness (QED) is 0.631. The van der Waals surface area contributed by atoms with Gasteiger partial charge in [0.05, 0.1) is 17.7 Å². The lowest BCUT2D eigenvalue weighted by molar-refractivity contribution is 0.100. The zero-order valence-electron chi connectivity index (χ0n) is 11.7. The lowest BCUT2D eigenvalue weighted by atomic mass is 10.2. The predicted octanol–water partition coefficient (Wildman–Crippen LogP) is 2.45. The lowest BCUT2D eigenvalue weighted by Crippen LogP contribution is -2.11. The van der Waals surface area contributed by atoms with Crippen molar-refractivity contribution in [3.8, 4) is 0 Å². The fourth-order valence-corrected chi connectivity index (χ4v) is 3.00. The second-order valence-corrected chi connectivity index (χ2v) is 5.84. The minimum atomic E-state index is -0.478. The van der Waals surface area contributed by atoms with Gasteiger partial charge in [-0.3, -0.25) is 4.79 Å². The number of nitrogens with one attached hydrogen (secondary N) is 1. The fourth-order valence-electron chi connectivity index (χ4n) is 2.17. The number of amides is 1. The highest BCUT2D eigenvalue weighted by molar-refractivity contribution is 7.98. The number of hydrogen-bond acceptors (Lipinski definition) is 4. The number of carbonyl (C=O) groups excluding carboxylic acids is 1. The van der Waals surface area contributed by atoms with Crippen molar-refractivity contribution in [2.75, 3.05) is 0 Å². The summed E-state index contributed by atoms with van der Waals surface area (Å²) in [6.07, 6.45) is 0. The molecule has 4 N–H and O–H groups in total. The Hall–Kier alpha value is -2.31. The van der Waals surface area contributed by atoms with Gasteiger partial charge in [0.1, 0.15) is 5.52 Å². The molecule has 22 heavy (non-hydrogen) atoms. The zero-order valence-corrected chi connectivity index (χ0v) is 12.6. The number of nitrogens with zero attached hydrogens (tertiary/aromatic N) is 1. The molecule has 0 unspecified atom stereocenters. The maximum atomic E-state index is 11.4. The van der Waals surface area contributed by atoms with Crippen LogP contribution >= 0.6 is 11.8 Å². The largest absolute Gasteiger partial charge is 0.392 e. The summed E-state index contributed by atoms with van der Waals surface area (Å²) in [6.45, 7) is 0.0485. The van der Waals surface area contributed by atoms with Crippen LogP contribution in [-0.4, -0.2) is 21.0 Å². The van der Waals surface area contributed by atoms with E-state index in [0.29, 0.717) is 11.1 Å². The molecule has 112 valence electrons. The van der Waals surface area contributed by atoms with Crippen LogP contribution in [-0.2, 0) is 12.4 Å². The number of benzene rings is 2. The van der Waals surface area contributed by atoms with Crippen LogP contribution in [0.25, 0.3) is 11.0 Å². The number of imidazole rings is 1. The molecule has 0 saturated carbocycles. The second-order valence-electron chi connectivity index (χ2n) is 4.87. The highest BCUT2D eigenvalue weighted by Gasteiger charge is 2.11. The molecule has 2 aromatic carbocycles. The van der Waals surface area contributed by atoms with Gasteiger partial charge in [-0.1, -0.05) is 42.1 Å². The van der Waals surface area contributed by atoms with Crippen molar-refractivity contribution >= 4 is 28.7 Å². The van der Waals surface area contributed by atoms with Crippen molar-refractivity contribution in [2.24, 2.45) is 5.73 Å². The van der Waals surface area contributed by atoms with Crippen LogP contribution in [0, 0.1) is 0 Å². The van der Waals surface area contributed by atoms with Crippen molar-refractivity contribution < 1.29 is 9.90 Å². The van der Waals surface area contributed by atoms with Gasteiger partial charge in [-0.25, -0.2) is 4.98 Å². The predicted molar refractivity (Wildman–Crippen MR) is 86.5 cm³/mol. The molecule has 3 aromatic rings. The first kappa shape index (κ1) is 14.6. The second kappa shape index (κ2) is 6.21. The molecule has 0 radical (unpaired) electrons. The molecule has 1 aromatic heterocycles. The van der Waals surface area contributed by atoms with E-state index in [2.05, 4.69) is 9.97 Å². The lowest BCUT2D eigenvalue weighted by Gasteiger charge is -2.00. The molecular formula is C16H15N3O2S. The van der Waals surface area contributed by atoms with E-state index in [1.165, 1.54) is 0 Å². The van der Waals surface area contributed by atoms with Crippen molar-refractivity contribution in [1.82, 2.24) is 9.97 Å². The number of rotatable bonds is 5. The van der Waals surface area contributed by atoms with Crippen LogP contribution in [0.3, 0.4) is 0 Å². The minimum absolute atomic E-state index is 0.0485. The molecule has 0 aliphatic carbocycles. The third-order valence-electron chi connectivity index (χ3n) is 3.34. The number of primary amides is 1. The SMILES string of the molecule is NC(=O)c1cccc2[nH]c(SCc3ccc(CO)cc3)nc12. The molecule has 1 amide bonds. The number of para-hydroxylation sites is 1. The number of aromatic amines is 1. The van der Waals surface area contributed by atoms with Gasteiger partial charge in [0, 0.05) is 5.75 Å². The summed E-state index contributed by atoms with van der Waals surface area (Å²) < 4.78 is 0. The Morgan fingerprint density at radius 3 is 2.59 bits per heavy atom. The van der Waals surface area contributed by atoms with E-state index in [1.807, 2.05) is 30.3 Å². The molecule has 6 heteroatoms. The number of nitrogens with two attached hydrogens (primary N) is 1. The summed E-state index contributed by atoms with van der Waals surface area (Å²) in [5.41, 5.74) is 9.22. The average Bonchev–Trinajstić information content (AvgIpc) is 2.96. The van der Waals surface area contributed by atoms with Gasteiger partial charge in [-0.2, -0.15) is 0 Å². The molecular weight excluding hydrogens is 298 g/mol. The molecule has 5 nitrogen and oxygen atoms in total. The molecule has 0 aliphatic rings. The number of hydrogen-bond donors (Lipinski definition) is 3. The van der Waals surface area contributed by atoms with Crippen LogP contribution in [0.4, 0.5) is 0 Å². The van der Waals surface area contributed by atoms with Crippen LogP contribution in [0.5, 0.6) is 0 Å². The number of aliphatic hydroxyl groups excluding tert-OH is 1. The molecule has 0 aliphatic heterocycles. The molecule has 1 heterocycles. The first-order valence-corrected chi connectivity index (χ1v) is 7.76. The zero-order chi connectivity index (χ0) is 15.5. The van der Waals surface area contributed by atoms with Crippen LogP contribution in [0.1, 0.15) is 21.5 Å². The first-order chi connectivity index (χ1) is 10.7. The highest BCUT2D eigenvalue weighted by atomic mass is 32.2. The Balaban J connectivity index is 1.79. The Labute approximate surface area is 131 Å². The Morgan fingerprint density at radius 1 is 1.18 bits per heavy atom. The van der Waals surface area contributed by atoms with Gasteiger partial charge in [-0.15, -0.1) is 0 Å². The van der Waals surface area contributed by atoms with Gasteiger partial charge in [0.2, 0.25) is 0 Å². The maximum absolute atomic E-state index is 11.4. The summed E-state index contributed by atoms with van der Waals surface area (Å²) in [5.74, 6) is 0.269. The fraction of sp³-hybridized carbons (Fsp3) is 0.125. The highest BCUT2D eigenvalue weighted by Crippen LogP contribution is 2.24. The van der Waals surface area contributed by atoms with Crippen molar-refractivity contribution in [2.45, 2.75) is 17.5 Å². The van der Waals surface area contributed by atoms with Gasteiger partial charge in [0.25, 0.3) is 5.91 Å². The maximum Gasteiger partial charge on any atom is 0.250 e. The number of H-pyrrole nitrogens is 1. The van der Waals surface area contributed by atoms with Crippen LogP contribution in [0.2, 0.25) is 0 Å². The number of fused-ring (bicyclic) bond motifs is 1. The number of aromatic nitrogens is 2. The van der Waals surface area contributed by atoms with Crippen molar-refractivity contribution in [3.63, 3.8) is 0 Å². The normalized spacial score (nSPS) is 11.0. The Morgan fingerprint density at radius 2 is 1.91 bits per heavy atom. The molecule has 0 spiro atoms. The van der Waals surface area contributed by atoms with E-state index in [1.54, 1.807) is 23.9 Å². The van der Waals surface area contributed by atoms with E-state index in [9.17, 15) is 4.79 Å². The van der Waals surface area contributed by atoms with Gasteiger partial charge >= 0.3 is 0 Å². The minimum Gasteiger partial charge on any atom is -0.392 e. The summed E-state index contributed by atoms with van der Waals surface area (Å²) in [5, 5.41) is 9.78. The first-order valence-electron chi connectivity index (χ1n) is 6.77. The summed E-state index contributed by atoms with van der Waals surface area (Å²) in [4.78, 5) is 19.0. The smallest absolute Gasteiger partial charge is 0.250 e. The van der Waals surface area contributed by atoms with Gasteiger partial charge in [-0.05, 0) is 23.3 Å². The van der Waals surface area contributed by atoms with Crippen LogP contribution in [0.15, 0.2) is 47.6 Å². The molecule has 0 fully saturated rings. The number of carbonyl (C=O) groups is 1. The summed E-state index contributed by atoms with van der Waals surface area (Å²) in [7, 11) is 0. The summed E-state index contributed by atoms with van der Waals surface area (Å²) in [6, 6.07) is 13.1. The topological polar surface area (TPSA) is 92.0 Å². The molecule has 0 saturated heterocycles. The molecule has 0 bridgehead atoms. The van der Waals surface area contributed by atoms with Crippen molar-refractivity contribution in [1.29, 1.82) is 0 Å². The average molecular weight is 313 g/mol. The van der Waals surface area contributed by atoms with Gasteiger partial charge in [0.15, 0.2) is 5.16 Å². The molecule has 3 rings (SSSR count). The monoisotopic (exact) mass is 313 g/mol. The Bertz CT molecular complexity index is 812. The van der Waals surface area contributed by atoms with E-state index in [0.717, 1.165) is 27.6 Å².